The minimum Gasteiger partial charge on any atom is -0.336 e. The highest BCUT2D eigenvalue weighted by Gasteiger charge is 2.06. The summed E-state index contributed by atoms with van der Waals surface area (Å²) >= 11 is 0. The Labute approximate surface area is 119 Å². The molecule has 0 aliphatic heterocycles. The first-order valence-corrected chi connectivity index (χ1v) is 6.82. The van der Waals surface area contributed by atoms with Crippen molar-refractivity contribution >= 4 is 6.03 Å². The van der Waals surface area contributed by atoms with E-state index >= 15 is 0 Å². The summed E-state index contributed by atoms with van der Waals surface area (Å²) in [5.74, 6) is 0. The van der Waals surface area contributed by atoms with Gasteiger partial charge in [0.1, 0.15) is 0 Å². The molecule has 2 aromatic rings. The molecule has 0 radical (unpaired) electrons. The third-order valence-electron chi connectivity index (χ3n) is 3.10. The molecule has 0 saturated carbocycles. The molecule has 2 amide bonds. The van der Waals surface area contributed by atoms with Crippen molar-refractivity contribution < 1.29 is 4.79 Å². The van der Waals surface area contributed by atoms with Crippen molar-refractivity contribution in [2.75, 3.05) is 0 Å². The van der Waals surface area contributed by atoms with Crippen LogP contribution in [0.2, 0.25) is 0 Å². The van der Waals surface area contributed by atoms with Gasteiger partial charge in [-0.3, -0.25) is 0 Å². The van der Waals surface area contributed by atoms with Crippen molar-refractivity contribution in [3.63, 3.8) is 0 Å². The minimum absolute atomic E-state index is 0.146. The average molecular weight is 272 g/mol. The van der Waals surface area contributed by atoms with Crippen molar-refractivity contribution in [1.29, 1.82) is 0 Å². The van der Waals surface area contributed by atoms with E-state index in [1.165, 1.54) is 0 Å². The molecule has 2 N–H and O–H groups in total. The molecule has 0 aliphatic rings. The van der Waals surface area contributed by atoms with E-state index in [0.29, 0.717) is 6.54 Å². The fourth-order valence-electron chi connectivity index (χ4n) is 1.73. The molecule has 0 aliphatic carbocycles. The minimum atomic E-state index is -0.146. The van der Waals surface area contributed by atoms with Crippen molar-refractivity contribution in [3.05, 3.63) is 48.3 Å². The molecule has 106 valence electrons. The number of carbonyl (C=O) groups excluding carboxylic acids is 1. The number of nitrogens with one attached hydrogen (secondary N) is 2. The maximum atomic E-state index is 11.6. The van der Waals surface area contributed by atoms with Crippen LogP contribution >= 0.6 is 0 Å². The Bertz CT molecular complexity index is 550. The lowest BCUT2D eigenvalue weighted by molar-refractivity contribution is 0.237. The van der Waals surface area contributed by atoms with Gasteiger partial charge in [-0.05, 0) is 25.5 Å². The molecule has 1 aromatic carbocycles. The predicted molar refractivity (Wildman–Crippen MR) is 78.7 cm³/mol. The Hall–Kier alpha value is -2.30. The second-order valence-electron chi connectivity index (χ2n) is 4.77. The van der Waals surface area contributed by atoms with E-state index in [1.807, 2.05) is 50.4 Å². The fourth-order valence-corrected chi connectivity index (χ4v) is 1.73. The third kappa shape index (κ3) is 3.85. The first-order chi connectivity index (χ1) is 9.69. The standard InChI is InChI=1S/C15H20N4O/c1-3-12(2)18-15(20)16-9-13-10-17-19(11-13)14-7-5-4-6-8-14/h4-8,10-12H,3,9H2,1-2H3,(H2,16,18,20). The Morgan fingerprint density at radius 2 is 2.10 bits per heavy atom. The topological polar surface area (TPSA) is 59.0 Å². The lowest BCUT2D eigenvalue weighted by atomic mass is 10.3. The Balaban J connectivity index is 1.89. The average Bonchev–Trinajstić information content (AvgIpc) is 2.95. The number of nitrogens with zero attached hydrogens (tertiary/aromatic N) is 2. The number of urea groups is 1. The Morgan fingerprint density at radius 1 is 1.35 bits per heavy atom. The molecule has 1 heterocycles. The maximum absolute atomic E-state index is 11.6. The van der Waals surface area contributed by atoms with Crippen LogP contribution in [-0.4, -0.2) is 21.9 Å². The molecule has 1 aromatic heterocycles. The molecule has 0 bridgehead atoms. The zero-order valence-corrected chi connectivity index (χ0v) is 11.8. The third-order valence-corrected chi connectivity index (χ3v) is 3.10. The number of carbonyl (C=O) groups is 1. The second kappa shape index (κ2) is 6.75. The van der Waals surface area contributed by atoms with Crippen LogP contribution in [0.25, 0.3) is 5.69 Å². The van der Waals surface area contributed by atoms with Crippen molar-refractivity contribution in [1.82, 2.24) is 20.4 Å². The summed E-state index contributed by atoms with van der Waals surface area (Å²) < 4.78 is 1.80. The largest absolute Gasteiger partial charge is 0.336 e. The van der Waals surface area contributed by atoms with Gasteiger partial charge in [0.25, 0.3) is 0 Å². The van der Waals surface area contributed by atoms with Gasteiger partial charge >= 0.3 is 6.03 Å². The van der Waals surface area contributed by atoms with Gasteiger partial charge in [-0.2, -0.15) is 5.10 Å². The molecule has 5 nitrogen and oxygen atoms in total. The number of hydrogen-bond acceptors (Lipinski definition) is 2. The summed E-state index contributed by atoms with van der Waals surface area (Å²) in [5, 5.41) is 9.97. The van der Waals surface area contributed by atoms with Gasteiger partial charge in [-0.1, -0.05) is 25.1 Å². The number of benzene rings is 1. The lowest BCUT2D eigenvalue weighted by Gasteiger charge is -2.11. The van der Waals surface area contributed by atoms with E-state index < -0.39 is 0 Å². The molecule has 1 atom stereocenters. The number of para-hydroxylation sites is 1. The van der Waals surface area contributed by atoms with E-state index in [2.05, 4.69) is 15.7 Å². The van der Waals surface area contributed by atoms with Gasteiger partial charge in [-0.25, -0.2) is 9.48 Å². The van der Waals surface area contributed by atoms with Crippen LogP contribution in [0.15, 0.2) is 42.7 Å². The normalized spacial score (nSPS) is 11.9. The quantitative estimate of drug-likeness (QED) is 0.878. The molecule has 2 rings (SSSR count). The molecule has 0 fully saturated rings. The van der Waals surface area contributed by atoms with E-state index in [-0.39, 0.29) is 12.1 Å². The number of aromatic nitrogens is 2. The van der Waals surface area contributed by atoms with Crippen LogP contribution in [0.5, 0.6) is 0 Å². The number of rotatable bonds is 5. The van der Waals surface area contributed by atoms with E-state index in [0.717, 1.165) is 17.7 Å². The highest BCUT2D eigenvalue weighted by molar-refractivity contribution is 5.74. The number of amides is 2. The monoisotopic (exact) mass is 272 g/mol. The zero-order valence-electron chi connectivity index (χ0n) is 11.8. The molecule has 0 spiro atoms. The summed E-state index contributed by atoms with van der Waals surface area (Å²) in [5.41, 5.74) is 1.97. The second-order valence-corrected chi connectivity index (χ2v) is 4.77. The van der Waals surface area contributed by atoms with Crippen molar-refractivity contribution in [2.24, 2.45) is 0 Å². The van der Waals surface area contributed by atoms with Crippen LogP contribution in [0.1, 0.15) is 25.8 Å². The van der Waals surface area contributed by atoms with Gasteiger partial charge in [0, 0.05) is 24.3 Å². The molecule has 0 saturated heterocycles. The molecular formula is C15H20N4O. The molecule has 1 unspecified atom stereocenters. The van der Waals surface area contributed by atoms with E-state index in [9.17, 15) is 4.79 Å². The van der Waals surface area contributed by atoms with Gasteiger partial charge in [0.05, 0.1) is 11.9 Å². The number of hydrogen-bond donors (Lipinski definition) is 2. The van der Waals surface area contributed by atoms with Gasteiger partial charge < -0.3 is 10.6 Å². The predicted octanol–water partition coefficient (Wildman–Crippen LogP) is 2.47. The maximum Gasteiger partial charge on any atom is 0.315 e. The van der Waals surface area contributed by atoms with E-state index in [1.54, 1.807) is 10.9 Å². The van der Waals surface area contributed by atoms with Crippen molar-refractivity contribution in [2.45, 2.75) is 32.9 Å². The van der Waals surface area contributed by atoms with Crippen molar-refractivity contribution in [3.8, 4) is 5.69 Å². The van der Waals surface area contributed by atoms with Gasteiger partial charge in [0.2, 0.25) is 0 Å². The van der Waals surface area contributed by atoms with E-state index in [4.69, 9.17) is 0 Å². The summed E-state index contributed by atoms with van der Waals surface area (Å²) in [6, 6.07) is 9.91. The van der Waals surface area contributed by atoms with Crippen LogP contribution in [-0.2, 0) is 6.54 Å². The zero-order chi connectivity index (χ0) is 14.4. The van der Waals surface area contributed by atoms with Crippen LogP contribution in [0.3, 0.4) is 0 Å². The SMILES string of the molecule is CCC(C)NC(=O)NCc1cnn(-c2ccccc2)c1. The summed E-state index contributed by atoms with van der Waals surface area (Å²) in [6.07, 6.45) is 4.59. The summed E-state index contributed by atoms with van der Waals surface area (Å²) in [4.78, 5) is 11.6. The molecule has 20 heavy (non-hydrogen) atoms. The highest BCUT2D eigenvalue weighted by atomic mass is 16.2. The van der Waals surface area contributed by atoms with Crippen LogP contribution in [0.4, 0.5) is 4.79 Å². The van der Waals surface area contributed by atoms with Gasteiger partial charge in [0.15, 0.2) is 0 Å². The first kappa shape index (κ1) is 14.1. The molecule has 5 heteroatoms. The van der Waals surface area contributed by atoms with Gasteiger partial charge in [-0.15, -0.1) is 0 Å². The first-order valence-electron chi connectivity index (χ1n) is 6.82. The summed E-state index contributed by atoms with van der Waals surface area (Å²) in [7, 11) is 0. The highest BCUT2D eigenvalue weighted by Crippen LogP contribution is 2.07. The van der Waals surface area contributed by atoms with Crippen LogP contribution in [0, 0.1) is 0 Å². The Morgan fingerprint density at radius 3 is 2.80 bits per heavy atom. The Kier molecular flexibility index (Phi) is 4.76. The fraction of sp³-hybridized carbons (Fsp3) is 0.333. The smallest absolute Gasteiger partial charge is 0.315 e. The molecular weight excluding hydrogens is 252 g/mol. The summed E-state index contributed by atoms with van der Waals surface area (Å²) in [6.45, 7) is 4.48. The van der Waals surface area contributed by atoms with Crippen LogP contribution < -0.4 is 10.6 Å². The lowest BCUT2D eigenvalue weighted by Crippen LogP contribution is -2.40.